The molecule has 0 fully saturated rings. The van der Waals surface area contributed by atoms with Gasteiger partial charge in [0.2, 0.25) is 5.95 Å². The van der Waals surface area contributed by atoms with E-state index in [1.807, 2.05) is 0 Å². The van der Waals surface area contributed by atoms with Gasteiger partial charge >= 0.3 is 5.97 Å². The number of carbonyl (C=O) groups is 3. The molecule has 0 saturated carbocycles. The number of rotatable bonds is 23. The summed E-state index contributed by atoms with van der Waals surface area (Å²) in [6, 6.07) is 5.17. The van der Waals surface area contributed by atoms with Crippen molar-refractivity contribution in [2.24, 2.45) is 5.73 Å². The van der Waals surface area contributed by atoms with Crippen molar-refractivity contribution < 1.29 is 33.7 Å². The maximum Gasteiger partial charge on any atom is 0.326 e. The number of nitrogens with two attached hydrogens (primary N) is 2. The molecule has 3 rings (SSSR count). The average Bonchev–Trinajstić information content (AvgIpc) is 3.04. The van der Waals surface area contributed by atoms with Gasteiger partial charge in [-0.2, -0.15) is 4.98 Å². The number of anilines is 2. The number of fused-ring (bicyclic) bond motifs is 1. The van der Waals surface area contributed by atoms with Crippen molar-refractivity contribution in [2.75, 3.05) is 57.2 Å². The SMILES string of the molecule is NCCCOCCOCCOCCCCC(=O)CC[C@H](NC(=O)c1ccc(NCc2cnc3nc(N)[nH]c(=O)c3n2)cc1)C(=O)O. The molecule has 16 nitrogen and oxygen atoms in total. The Morgan fingerprint density at radius 2 is 1.59 bits per heavy atom. The largest absolute Gasteiger partial charge is 0.480 e. The molecule has 250 valence electrons. The number of aromatic nitrogens is 4. The van der Waals surface area contributed by atoms with Gasteiger partial charge in [-0.25, -0.2) is 14.8 Å². The third kappa shape index (κ3) is 12.8. The second kappa shape index (κ2) is 19.8. The van der Waals surface area contributed by atoms with Crippen molar-refractivity contribution in [1.29, 1.82) is 0 Å². The minimum atomic E-state index is -1.22. The first kappa shape index (κ1) is 36.0. The molecule has 0 spiro atoms. The Morgan fingerprint density at radius 1 is 0.913 bits per heavy atom. The van der Waals surface area contributed by atoms with E-state index in [2.05, 4.69) is 30.6 Å². The maximum atomic E-state index is 12.7. The number of carboxylic acid groups (broad SMARTS) is 1. The number of carboxylic acids is 1. The van der Waals surface area contributed by atoms with Crippen molar-refractivity contribution in [3.8, 4) is 0 Å². The highest BCUT2D eigenvalue weighted by molar-refractivity contribution is 5.97. The van der Waals surface area contributed by atoms with Crippen LogP contribution in [0.3, 0.4) is 0 Å². The summed E-state index contributed by atoms with van der Waals surface area (Å²) in [4.78, 5) is 63.5. The highest BCUT2D eigenvalue weighted by atomic mass is 16.5. The van der Waals surface area contributed by atoms with E-state index >= 15 is 0 Å². The van der Waals surface area contributed by atoms with Gasteiger partial charge in [0, 0.05) is 37.3 Å². The minimum absolute atomic E-state index is 0.0128. The summed E-state index contributed by atoms with van der Waals surface area (Å²) < 4.78 is 16.2. The van der Waals surface area contributed by atoms with Gasteiger partial charge in [-0.05, 0) is 56.5 Å². The highest BCUT2D eigenvalue weighted by Crippen LogP contribution is 2.13. The molecular formula is C30H42N8O8. The second-order valence-electron chi connectivity index (χ2n) is 10.3. The second-order valence-corrected chi connectivity index (χ2v) is 10.3. The van der Waals surface area contributed by atoms with E-state index in [1.165, 1.54) is 6.20 Å². The molecule has 1 atom stereocenters. The minimum Gasteiger partial charge on any atom is -0.480 e. The molecule has 0 saturated heterocycles. The van der Waals surface area contributed by atoms with E-state index in [1.54, 1.807) is 24.3 Å². The van der Waals surface area contributed by atoms with Crippen LogP contribution in [0.2, 0.25) is 0 Å². The molecule has 3 aromatic rings. The van der Waals surface area contributed by atoms with Crippen LogP contribution in [0.15, 0.2) is 35.3 Å². The summed E-state index contributed by atoms with van der Waals surface area (Å²) in [6.07, 6.45) is 3.94. The van der Waals surface area contributed by atoms with Crippen LogP contribution in [-0.2, 0) is 30.3 Å². The smallest absolute Gasteiger partial charge is 0.326 e. The predicted octanol–water partition coefficient (Wildman–Crippen LogP) is 1.01. The lowest BCUT2D eigenvalue weighted by Crippen LogP contribution is -2.41. The average molecular weight is 643 g/mol. The lowest BCUT2D eigenvalue weighted by atomic mass is 10.0. The summed E-state index contributed by atoms with van der Waals surface area (Å²) in [6.45, 7) is 3.90. The molecule has 1 amide bonds. The van der Waals surface area contributed by atoms with E-state index in [0.717, 1.165) is 6.42 Å². The number of amides is 1. The molecule has 0 aliphatic carbocycles. The predicted molar refractivity (Wildman–Crippen MR) is 169 cm³/mol. The van der Waals surface area contributed by atoms with Gasteiger partial charge < -0.3 is 41.4 Å². The van der Waals surface area contributed by atoms with Crippen LogP contribution in [-0.4, -0.2) is 94.9 Å². The Labute approximate surface area is 265 Å². The summed E-state index contributed by atoms with van der Waals surface area (Å²) in [7, 11) is 0. The van der Waals surface area contributed by atoms with Crippen LogP contribution in [0.4, 0.5) is 11.6 Å². The number of nitrogens with zero attached hydrogens (tertiary/aromatic N) is 3. The highest BCUT2D eigenvalue weighted by Gasteiger charge is 2.21. The van der Waals surface area contributed by atoms with E-state index in [0.29, 0.717) is 76.8 Å². The molecule has 0 aliphatic heterocycles. The van der Waals surface area contributed by atoms with Crippen LogP contribution in [0, 0.1) is 0 Å². The number of nitrogen functional groups attached to an aromatic ring is 1. The van der Waals surface area contributed by atoms with Gasteiger partial charge in [-0.1, -0.05) is 0 Å². The number of hydrogen-bond acceptors (Lipinski definition) is 13. The first-order chi connectivity index (χ1) is 22.3. The zero-order chi connectivity index (χ0) is 33.1. The van der Waals surface area contributed by atoms with E-state index in [4.69, 9.17) is 25.7 Å². The molecule has 0 unspecified atom stereocenters. The van der Waals surface area contributed by atoms with Gasteiger partial charge in [0.05, 0.1) is 44.9 Å². The van der Waals surface area contributed by atoms with Crippen molar-refractivity contribution in [1.82, 2.24) is 25.3 Å². The van der Waals surface area contributed by atoms with Crippen molar-refractivity contribution in [3.05, 3.63) is 52.1 Å². The number of unbranched alkanes of at least 4 members (excludes halogenated alkanes) is 1. The number of carbonyl (C=O) groups excluding carboxylic acids is 2. The topological polar surface area (TPSA) is 247 Å². The summed E-state index contributed by atoms with van der Waals surface area (Å²) in [5.74, 6) is -1.91. The zero-order valence-electron chi connectivity index (χ0n) is 25.7. The van der Waals surface area contributed by atoms with Crippen molar-refractivity contribution >= 4 is 40.5 Å². The molecule has 46 heavy (non-hydrogen) atoms. The van der Waals surface area contributed by atoms with Gasteiger partial charge in [-0.15, -0.1) is 0 Å². The molecule has 0 aliphatic rings. The number of benzene rings is 1. The molecule has 0 bridgehead atoms. The Kier molecular flexibility index (Phi) is 15.5. The monoisotopic (exact) mass is 642 g/mol. The fourth-order valence-corrected chi connectivity index (χ4v) is 4.17. The quantitative estimate of drug-likeness (QED) is 0.0791. The van der Waals surface area contributed by atoms with E-state index in [-0.39, 0.29) is 47.8 Å². The van der Waals surface area contributed by atoms with Crippen molar-refractivity contribution in [3.63, 3.8) is 0 Å². The Morgan fingerprint density at radius 3 is 2.26 bits per heavy atom. The molecule has 2 aromatic heterocycles. The summed E-state index contributed by atoms with van der Waals surface area (Å²) >= 11 is 0. The van der Waals surface area contributed by atoms with E-state index in [9.17, 15) is 24.3 Å². The van der Waals surface area contributed by atoms with Crippen LogP contribution >= 0.6 is 0 Å². The Bertz CT molecular complexity index is 1470. The van der Waals surface area contributed by atoms with Crippen LogP contribution in [0.1, 0.15) is 54.6 Å². The number of aromatic amines is 1. The van der Waals surface area contributed by atoms with Gasteiger partial charge in [-0.3, -0.25) is 19.4 Å². The Hall–Kier alpha value is -4.51. The normalized spacial score (nSPS) is 11.8. The molecule has 2 heterocycles. The molecule has 1 aromatic carbocycles. The molecule has 8 N–H and O–H groups in total. The summed E-state index contributed by atoms with van der Waals surface area (Å²) in [5.41, 5.74) is 12.0. The number of hydrogen-bond donors (Lipinski definition) is 6. The maximum absolute atomic E-state index is 12.7. The van der Waals surface area contributed by atoms with Crippen molar-refractivity contribution in [2.45, 2.75) is 51.1 Å². The van der Waals surface area contributed by atoms with Crippen LogP contribution < -0.4 is 27.7 Å². The molecule has 0 radical (unpaired) electrons. The number of aliphatic carboxylic acids is 1. The third-order valence-corrected chi connectivity index (χ3v) is 6.65. The molecule has 16 heteroatoms. The fraction of sp³-hybridized carbons (Fsp3) is 0.500. The van der Waals surface area contributed by atoms with E-state index < -0.39 is 23.5 Å². The van der Waals surface area contributed by atoms with Crippen LogP contribution in [0.25, 0.3) is 11.2 Å². The first-order valence-electron chi connectivity index (χ1n) is 15.1. The van der Waals surface area contributed by atoms with Gasteiger partial charge in [0.1, 0.15) is 11.8 Å². The molecular weight excluding hydrogens is 600 g/mol. The summed E-state index contributed by atoms with van der Waals surface area (Å²) in [5, 5.41) is 15.2. The van der Waals surface area contributed by atoms with Gasteiger partial charge in [0.25, 0.3) is 11.5 Å². The first-order valence-corrected chi connectivity index (χ1v) is 15.1. The number of H-pyrrole nitrogens is 1. The standard InChI is InChI=1S/C30H42N8O8/c31-11-3-13-45-15-17-46-16-14-44-12-2-1-4-23(39)9-10-24(29(42)43)36-27(40)20-5-7-21(8-6-20)33-18-22-19-34-26-25(35-22)28(41)38-30(32)37-26/h5-8,19,24,33H,1-4,9-18,31H2,(H,36,40)(H,42,43)(H3,32,34,37,38,41)/t24-/m0/s1. The number of ketones is 1. The number of nitrogens with one attached hydrogen (secondary N) is 3. The lowest BCUT2D eigenvalue weighted by Gasteiger charge is -2.14. The van der Waals surface area contributed by atoms with Gasteiger partial charge in [0.15, 0.2) is 11.2 Å². The zero-order valence-corrected chi connectivity index (χ0v) is 25.7. The number of ether oxygens (including phenoxy) is 3. The lowest BCUT2D eigenvalue weighted by molar-refractivity contribution is -0.139. The Balaban J connectivity index is 1.31. The van der Waals surface area contributed by atoms with Crippen LogP contribution in [0.5, 0.6) is 0 Å². The third-order valence-electron chi connectivity index (χ3n) is 6.65. The number of Topliss-reactive ketones (excluding diaryl/α,β-unsaturated/α-hetero) is 1. The fourth-order valence-electron chi connectivity index (χ4n) is 4.17.